The lowest BCUT2D eigenvalue weighted by molar-refractivity contribution is 0.630. The Morgan fingerprint density at radius 2 is 2.20 bits per heavy atom. The van der Waals surface area contributed by atoms with Gasteiger partial charge in [-0.3, -0.25) is 4.98 Å². The van der Waals surface area contributed by atoms with Gasteiger partial charge < -0.3 is 4.98 Å². The van der Waals surface area contributed by atoms with Crippen LogP contribution >= 0.6 is 12.2 Å². The molecule has 1 N–H and O–H groups in total. The second-order valence-electron chi connectivity index (χ2n) is 3.25. The van der Waals surface area contributed by atoms with Crippen LogP contribution in [0.15, 0.2) is 30.6 Å². The van der Waals surface area contributed by atoms with Crippen molar-refractivity contribution in [3.8, 4) is 11.3 Å². The van der Waals surface area contributed by atoms with Crippen molar-refractivity contribution < 1.29 is 4.39 Å². The lowest BCUT2D eigenvalue weighted by atomic mass is 10.1. The van der Waals surface area contributed by atoms with Crippen LogP contribution in [-0.2, 0) is 0 Å². The van der Waals surface area contributed by atoms with Gasteiger partial charge in [-0.05, 0) is 19.1 Å². The maximum Gasteiger partial charge on any atom is 0.132 e. The molecule has 0 atom stereocenters. The first-order chi connectivity index (χ1) is 7.18. The fourth-order valence-corrected chi connectivity index (χ4v) is 1.59. The van der Waals surface area contributed by atoms with Gasteiger partial charge in [-0.2, -0.15) is 0 Å². The third-order valence-corrected chi connectivity index (χ3v) is 2.40. The predicted octanol–water partition coefficient (Wildman–Crippen LogP) is 3.25. The molecule has 0 amide bonds. The molecule has 0 spiro atoms. The molecule has 0 aliphatic heterocycles. The van der Waals surface area contributed by atoms with Gasteiger partial charge in [0.15, 0.2) is 0 Å². The summed E-state index contributed by atoms with van der Waals surface area (Å²) in [6, 6.07) is 4.88. The van der Waals surface area contributed by atoms with E-state index in [1.165, 1.54) is 6.07 Å². The van der Waals surface area contributed by atoms with Gasteiger partial charge in [0.2, 0.25) is 0 Å². The highest BCUT2D eigenvalue weighted by molar-refractivity contribution is 7.71. The summed E-state index contributed by atoms with van der Waals surface area (Å²) >= 11 is 5.05. The first-order valence-electron chi connectivity index (χ1n) is 4.48. The van der Waals surface area contributed by atoms with E-state index in [9.17, 15) is 4.39 Å². The largest absolute Gasteiger partial charge is 0.350 e. The topological polar surface area (TPSA) is 28.7 Å². The minimum atomic E-state index is -0.307. The number of H-pyrrole nitrogens is 1. The van der Waals surface area contributed by atoms with Gasteiger partial charge in [0.1, 0.15) is 16.2 Å². The molecule has 0 radical (unpaired) electrons. The van der Waals surface area contributed by atoms with Crippen molar-refractivity contribution in [1.82, 2.24) is 9.97 Å². The quantitative estimate of drug-likeness (QED) is 0.747. The molecule has 0 aliphatic carbocycles. The number of aromatic amines is 1. The second kappa shape index (κ2) is 3.90. The van der Waals surface area contributed by atoms with E-state index in [4.69, 9.17) is 12.2 Å². The van der Waals surface area contributed by atoms with Crippen molar-refractivity contribution in [3.05, 3.63) is 46.6 Å². The zero-order valence-corrected chi connectivity index (χ0v) is 8.94. The Kier molecular flexibility index (Phi) is 2.60. The Morgan fingerprint density at radius 3 is 2.93 bits per heavy atom. The normalized spacial score (nSPS) is 10.3. The number of benzene rings is 1. The smallest absolute Gasteiger partial charge is 0.132 e. The highest BCUT2D eigenvalue weighted by Gasteiger charge is 2.07. The maximum atomic E-state index is 13.5. The lowest BCUT2D eigenvalue weighted by Gasteiger charge is -2.03. The van der Waals surface area contributed by atoms with Crippen molar-refractivity contribution in [3.63, 3.8) is 0 Å². The fourth-order valence-electron chi connectivity index (χ4n) is 1.36. The SMILES string of the molecule is Cc1ccc(F)c(-c2ncc[nH]c2=S)c1. The van der Waals surface area contributed by atoms with E-state index in [0.717, 1.165) is 5.56 Å². The lowest BCUT2D eigenvalue weighted by Crippen LogP contribution is -1.91. The number of aromatic nitrogens is 2. The van der Waals surface area contributed by atoms with Crippen LogP contribution in [0.3, 0.4) is 0 Å². The predicted molar refractivity (Wildman–Crippen MR) is 59.6 cm³/mol. The summed E-state index contributed by atoms with van der Waals surface area (Å²) in [6.07, 6.45) is 3.19. The number of nitrogens with zero attached hydrogens (tertiary/aromatic N) is 1. The summed E-state index contributed by atoms with van der Waals surface area (Å²) in [7, 11) is 0. The van der Waals surface area contributed by atoms with Crippen molar-refractivity contribution in [2.24, 2.45) is 0 Å². The Morgan fingerprint density at radius 1 is 1.40 bits per heavy atom. The van der Waals surface area contributed by atoms with Crippen LogP contribution in [0, 0.1) is 17.4 Å². The fraction of sp³-hybridized carbons (Fsp3) is 0.0909. The summed E-state index contributed by atoms with van der Waals surface area (Å²) < 4.78 is 14.0. The van der Waals surface area contributed by atoms with Crippen LogP contribution in [0.5, 0.6) is 0 Å². The molecule has 4 heteroatoms. The molecular weight excluding hydrogens is 211 g/mol. The molecule has 0 unspecified atom stereocenters. The zero-order valence-electron chi connectivity index (χ0n) is 8.12. The number of hydrogen-bond donors (Lipinski definition) is 1. The molecule has 2 aromatic rings. The van der Waals surface area contributed by atoms with E-state index < -0.39 is 0 Å². The monoisotopic (exact) mass is 220 g/mol. The van der Waals surface area contributed by atoms with Crippen LogP contribution in [0.1, 0.15) is 5.56 Å². The average Bonchev–Trinajstić information content (AvgIpc) is 2.23. The Hall–Kier alpha value is -1.55. The minimum absolute atomic E-state index is 0.307. The summed E-state index contributed by atoms with van der Waals surface area (Å²) in [6.45, 7) is 1.90. The Labute approximate surface area is 91.8 Å². The third kappa shape index (κ3) is 1.94. The van der Waals surface area contributed by atoms with E-state index in [0.29, 0.717) is 15.9 Å². The molecule has 1 aromatic heterocycles. The molecule has 0 fully saturated rings. The number of aryl methyl sites for hydroxylation is 1. The number of nitrogens with one attached hydrogen (secondary N) is 1. The van der Waals surface area contributed by atoms with Crippen LogP contribution in [-0.4, -0.2) is 9.97 Å². The van der Waals surface area contributed by atoms with Crippen molar-refractivity contribution in [2.45, 2.75) is 6.92 Å². The third-order valence-electron chi connectivity index (χ3n) is 2.08. The van der Waals surface area contributed by atoms with Gasteiger partial charge in [-0.1, -0.05) is 23.8 Å². The molecule has 0 aliphatic rings. The zero-order chi connectivity index (χ0) is 10.8. The first-order valence-corrected chi connectivity index (χ1v) is 4.89. The minimum Gasteiger partial charge on any atom is -0.350 e. The van der Waals surface area contributed by atoms with Crippen molar-refractivity contribution >= 4 is 12.2 Å². The highest BCUT2D eigenvalue weighted by atomic mass is 32.1. The van der Waals surface area contributed by atoms with Gasteiger partial charge in [-0.15, -0.1) is 0 Å². The molecule has 15 heavy (non-hydrogen) atoms. The van der Waals surface area contributed by atoms with Gasteiger partial charge in [-0.25, -0.2) is 4.39 Å². The highest BCUT2D eigenvalue weighted by Crippen LogP contribution is 2.21. The van der Waals surface area contributed by atoms with E-state index in [1.54, 1.807) is 24.5 Å². The van der Waals surface area contributed by atoms with Crippen LogP contribution < -0.4 is 0 Å². The van der Waals surface area contributed by atoms with E-state index in [1.807, 2.05) is 6.92 Å². The van der Waals surface area contributed by atoms with E-state index in [-0.39, 0.29) is 5.82 Å². The molecule has 1 aromatic carbocycles. The summed E-state index contributed by atoms with van der Waals surface area (Å²) in [4.78, 5) is 6.91. The number of hydrogen-bond acceptors (Lipinski definition) is 2. The summed E-state index contributed by atoms with van der Waals surface area (Å²) in [5.41, 5.74) is 1.90. The van der Waals surface area contributed by atoms with Gasteiger partial charge >= 0.3 is 0 Å². The van der Waals surface area contributed by atoms with Gasteiger partial charge in [0, 0.05) is 18.0 Å². The molecule has 0 bridgehead atoms. The van der Waals surface area contributed by atoms with E-state index in [2.05, 4.69) is 9.97 Å². The molecule has 0 saturated carbocycles. The first kappa shape index (κ1) is 9.98. The number of halogens is 1. The summed E-state index contributed by atoms with van der Waals surface area (Å²) in [5, 5.41) is 0. The molecule has 1 heterocycles. The average molecular weight is 220 g/mol. The Bertz CT molecular complexity index is 548. The standard InChI is InChI=1S/C11H9FN2S/c1-7-2-3-9(12)8(6-7)10-11(15)14-5-4-13-10/h2-6H,1H3,(H,14,15). The van der Waals surface area contributed by atoms with Gasteiger partial charge in [0.25, 0.3) is 0 Å². The van der Waals surface area contributed by atoms with Crippen LogP contribution in [0.4, 0.5) is 4.39 Å². The van der Waals surface area contributed by atoms with Crippen molar-refractivity contribution in [2.75, 3.05) is 0 Å². The van der Waals surface area contributed by atoms with E-state index >= 15 is 0 Å². The van der Waals surface area contributed by atoms with Crippen molar-refractivity contribution in [1.29, 1.82) is 0 Å². The van der Waals surface area contributed by atoms with Crippen LogP contribution in [0.25, 0.3) is 11.3 Å². The molecule has 0 saturated heterocycles. The molecule has 2 rings (SSSR count). The van der Waals surface area contributed by atoms with Gasteiger partial charge in [0.05, 0.1) is 0 Å². The maximum absolute atomic E-state index is 13.5. The second-order valence-corrected chi connectivity index (χ2v) is 3.66. The number of rotatable bonds is 1. The molecule has 2 nitrogen and oxygen atoms in total. The Balaban J connectivity index is 2.69. The molecule has 76 valence electrons. The van der Waals surface area contributed by atoms with Crippen LogP contribution in [0.2, 0.25) is 0 Å². The molecular formula is C11H9FN2S. The summed E-state index contributed by atoms with van der Waals surface area (Å²) in [5.74, 6) is -0.307.